The standard InChI is InChI=1S/C13H10ClNO/c14-8-7-11-13-10-4-2-1-3-9(10)5-6-12(13)16-15-11/h1-6H,7-8H2. The second-order valence-corrected chi connectivity index (χ2v) is 4.11. The van der Waals surface area contributed by atoms with Gasteiger partial charge in [-0.1, -0.05) is 35.5 Å². The summed E-state index contributed by atoms with van der Waals surface area (Å²) in [6.07, 6.45) is 0.739. The zero-order chi connectivity index (χ0) is 11.0. The Kier molecular flexibility index (Phi) is 2.29. The number of hydrogen-bond acceptors (Lipinski definition) is 2. The molecule has 2 aromatic carbocycles. The van der Waals surface area contributed by atoms with Crippen molar-refractivity contribution in [3.05, 3.63) is 42.1 Å². The first-order chi connectivity index (χ1) is 7.90. The maximum absolute atomic E-state index is 5.76. The Balaban J connectivity index is 2.42. The molecule has 3 rings (SSSR count). The topological polar surface area (TPSA) is 26.0 Å². The summed E-state index contributed by atoms with van der Waals surface area (Å²) in [5, 5.41) is 7.56. The minimum absolute atomic E-state index is 0.560. The van der Waals surface area contributed by atoms with Gasteiger partial charge in [-0.2, -0.15) is 0 Å². The van der Waals surface area contributed by atoms with Crippen molar-refractivity contribution in [2.75, 3.05) is 5.88 Å². The second-order valence-electron chi connectivity index (χ2n) is 3.73. The van der Waals surface area contributed by atoms with Crippen LogP contribution < -0.4 is 0 Å². The van der Waals surface area contributed by atoms with Gasteiger partial charge in [0, 0.05) is 12.3 Å². The average molecular weight is 232 g/mol. The second kappa shape index (κ2) is 3.80. The number of rotatable bonds is 2. The molecule has 0 N–H and O–H groups in total. The highest BCUT2D eigenvalue weighted by Crippen LogP contribution is 2.28. The smallest absolute Gasteiger partial charge is 0.167 e. The summed E-state index contributed by atoms with van der Waals surface area (Å²) in [7, 11) is 0. The van der Waals surface area contributed by atoms with Crippen molar-refractivity contribution >= 4 is 33.3 Å². The number of aromatic nitrogens is 1. The summed E-state index contributed by atoms with van der Waals surface area (Å²) in [5.41, 5.74) is 1.78. The van der Waals surface area contributed by atoms with Gasteiger partial charge in [0.05, 0.1) is 11.1 Å². The van der Waals surface area contributed by atoms with E-state index in [9.17, 15) is 0 Å². The summed E-state index contributed by atoms with van der Waals surface area (Å²) in [6, 6.07) is 12.2. The largest absolute Gasteiger partial charge is 0.356 e. The molecular formula is C13H10ClNO. The third-order valence-corrected chi connectivity index (χ3v) is 2.95. The molecule has 0 fully saturated rings. The number of nitrogens with zero attached hydrogens (tertiary/aromatic N) is 1. The highest BCUT2D eigenvalue weighted by Gasteiger charge is 2.10. The van der Waals surface area contributed by atoms with Gasteiger partial charge in [-0.3, -0.25) is 0 Å². The molecule has 0 aliphatic carbocycles. The minimum Gasteiger partial charge on any atom is -0.356 e. The first-order valence-corrected chi connectivity index (χ1v) is 5.75. The number of aryl methyl sites for hydroxylation is 1. The van der Waals surface area contributed by atoms with Crippen molar-refractivity contribution < 1.29 is 4.52 Å². The van der Waals surface area contributed by atoms with E-state index in [2.05, 4.69) is 17.3 Å². The number of fused-ring (bicyclic) bond motifs is 3. The van der Waals surface area contributed by atoms with E-state index in [1.807, 2.05) is 24.3 Å². The Morgan fingerprint density at radius 1 is 1.12 bits per heavy atom. The van der Waals surface area contributed by atoms with Gasteiger partial charge in [-0.25, -0.2) is 0 Å². The van der Waals surface area contributed by atoms with Crippen molar-refractivity contribution in [1.29, 1.82) is 0 Å². The van der Waals surface area contributed by atoms with E-state index in [4.69, 9.17) is 16.1 Å². The molecule has 0 bridgehead atoms. The van der Waals surface area contributed by atoms with Gasteiger partial charge in [0.15, 0.2) is 5.58 Å². The van der Waals surface area contributed by atoms with E-state index in [1.165, 1.54) is 10.8 Å². The van der Waals surface area contributed by atoms with Crippen LogP contribution in [0.25, 0.3) is 21.7 Å². The lowest BCUT2D eigenvalue weighted by atomic mass is 10.0. The Morgan fingerprint density at radius 3 is 2.88 bits per heavy atom. The molecule has 0 saturated heterocycles. The van der Waals surface area contributed by atoms with Gasteiger partial charge in [-0.15, -0.1) is 11.6 Å². The van der Waals surface area contributed by atoms with Crippen molar-refractivity contribution in [2.45, 2.75) is 6.42 Å². The highest BCUT2D eigenvalue weighted by atomic mass is 35.5. The summed E-state index contributed by atoms with van der Waals surface area (Å²) in [5.74, 6) is 0.560. The fourth-order valence-electron chi connectivity index (χ4n) is 2.04. The SMILES string of the molecule is ClCCc1noc2ccc3ccccc3c12. The van der Waals surface area contributed by atoms with Crippen molar-refractivity contribution in [1.82, 2.24) is 5.16 Å². The van der Waals surface area contributed by atoms with E-state index >= 15 is 0 Å². The first kappa shape index (κ1) is 9.67. The van der Waals surface area contributed by atoms with Gasteiger partial charge < -0.3 is 4.52 Å². The summed E-state index contributed by atoms with van der Waals surface area (Å²) in [4.78, 5) is 0. The highest BCUT2D eigenvalue weighted by molar-refractivity contribution is 6.18. The molecule has 0 aliphatic heterocycles. The molecule has 1 heterocycles. The van der Waals surface area contributed by atoms with Gasteiger partial charge >= 0.3 is 0 Å². The molecule has 3 heteroatoms. The normalized spacial score (nSPS) is 11.3. The molecule has 0 saturated carbocycles. The molecular weight excluding hydrogens is 222 g/mol. The van der Waals surface area contributed by atoms with E-state index in [1.54, 1.807) is 0 Å². The van der Waals surface area contributed by atoms with E-state index < -0.39 is 0 Å². The Bertz CT molecular complexity index is 645. The van der Waals surface area contributed by atoms with Crippen LogP contribution in [0.2, 0.25) is 0 Å². The fraction of sp³-hybridized carbons (Fsp3) is 0.154. The average Bonchev–Trinajstić information content (AvgIpc) is 2.73. The molecule has 2 nitrogen and oxygen atoms in total. The lowest BCUT2D eigenvalue weighted by Gasteiger charge is -1.98. The fourth-order valence-corrected chi connectivity index (χ4v) is 2.21. The minimum atomic E-state index is 0.560. The van der Waals surface area contributed by atoms with Crippen LogP contribution in [-0.2, 0) is 6.42 Å². The Morgan fingerprint density at radius 2 is 2.00 bits per heavy atom. The van der Waals surface area contributed by atoms with Crippen LogP contribution in [0.3, 0.4) is 0 Å². The van der Waals surface area contributed by atoms with Crippen LogP contribution in [0.15, 0.2) is 40.9 Å². The van der Waals surface area contributed by atoms with E-state index in [0.29, 0.717) is 5.88 Å². The molecule has 3 aromatic rings. The van der Waals surface area contributed by atoms with Crippen LogP contribution in [-0.4, -0.2) is 11.0 Å². The maximum Gasteiger partial charge on any atom is 0.167 e. The molecule has 16 heavy (non-hydrogen) atoms. The Labute approximate surface area is 97.8 Å². The van der Waals surface area contributed by atoms with Crippen molar-refractivity contribution in [3.8, 4) is 0 Å². The molecule has 0 amide bonds. The van der Waals surface area contributed by atoms with Gasteiger partial charge in [0.2, 0.25) is 0 Å². The van der Waals surface area contributed by atoms with Crippen molar-refractivity contribution in [3.63, 3.8) is 0 Å². The third kappa shape index (κ3) is 1.38. The van der Waals surface area contributed by atoms with Crippen LogP contribution in [0.1, 0.15) is 5.69 Å². The van der Waals surface area contributed by atoms with Crippen LogP contribution >= 0.6 is 11.6 Å². The zero-order valence-corrected chi connectivity index (χ0v) is 9.37. The number of halogens is 1. The molecule has 1 aromatic heterocycles. The molecule has 0 spiro atoms. The van der Waals surface area contributed by atoms with Crippen LogP contribution in [0.4, 0.5) is 0 Å². The van der Waals surface area contributed by atoms with Gasteiger partial charge in [0.25, 0.3) is 0 Å². The Hall–Kier alpha value is -1.54. The number of hydrogen-bond donors (Lipinski definition) is 0. The number of alkyl halides is 1. The summed E-state index contributed by atoms with van der Waals surface area (Å²) in [6.45, 7) is 0. The molecule has 0 radical (unpaired) electrons. The monoisotopic (exact) mass is 231 g/mol. The van der Waals surface area contributed by atoms with Gasteiger partial charge in [0.1, 0.15) is 0 Å². The molecule has 0 atom stereocenters. The molecule has 0 aliphatic rings. The lowest BCUT2D eigenvalue weighted by molar-refractivity contribution is 0.447. The predicted molar refractivity (Wildman–Crippen MR) is 65.9 cm³/mol. The van der Waals surface area contributed by atoms with Crippen LogP contribution in [0.5, 0.6) is 0 Å². The predicted octanol–water partition coefficient (Wildman–Crippen LogP) is 3.76. The molecule has 80 valence electrons. The summed E-state index contributed by atoms with van der Waals surface area (Å²) < 4.78 is 5.30. The van der Waals surface area contributed by atoms with Crippen molar-refractivity contribution in [2.24, 2.45) is 0 Å². The quantitative estimate of drug-likeness (QED) is 0.628. The van der Waals surface area contributed by atoms with Gasteiger partial charge in [-0.05, 0) is 16.8 Å². The first-order valence-electron chi connectivity index (χ1n) is 5.22. The summed E-state index contributed by atoms with van der Waals surface area (Å²) >= 11 is 5.76. The third-order valence-electron chi connectivity index (χ3n) is 2.76. The van der Waals surface area contributed by atoms with E-state index in [0.717, 1.165) is 23.1 Å². The lowest BCUT2D eigenvalue weighted by Crippen LogP contribution is -1.86. The molecule has 0 unspecified atom stereocenters. The number of benzene rings is 2. The zero-order valence-electron chi connectivity index (χ0n) is 8.61. The van der Waals surface area contributed by atoms with E-state index in [-0.39, 0.29) is 0 Å². The maximum atomic E-state index is 5.76. The van der Waals surface area contributed by atoms with Crippen LogP contribution in [0, 0.1) is 0 Å².